The van der Waals surface area contributed by atoms with Gasteiger partial charge in [0, 0.05) is 0 Å². The van der Waals surface area contributed by atoms with E-state index in [-0.39, 0.29) is 22.2 Å². The summed E-state index contributed by atoms with van der Waals surface area (Å²) in [6.45, 7) is 6.07. The molecule has 0 radical (unpaired) electrons. The molecular formula is C27H24N2O4S. The number of carbonyl (C=O) groups is 2. The second-order valence-corrected chi connectivity index (χ2v) is 8.32. The number of hydrogen-bond acceptors (Lipinski definition) is 5. The predicted octanol–water partition coefficient (Wildman–Crippen LogP) is 5.16. The fraction of sp³-hybridized carbons (Fsp3) is 0.148. The quantitative estimate of drug-likeness (QED) is 0.316. The monoisotopic (exact) mass is 472 g/mol. The minimum atomic E-state index is -0.520. The summed E-state index contributed by atoms with van der Waals surface area (Å²) in [5.41, 5.74) is 3.69. The number of phenols is 1. The summed E-state index contributed by atoms with van der Waals surface area (Å²) in [5, 5.41) is 10.1. The van der Waals surface area contributed by atoms with Crippen LogP contribution in [0.15, 0.2) is 72.3 Å². The summed E-state index contributed by atoms with van der Waals surface area (Å²) in [7, 11) is 0. The van der Waals surface area contributed by atoms with E-state index in [9.17, 15) is 14.7 Å². The van der Waals surface area contributed by atoms with Gasteiger partial charge in [0.05, 0.1) is 18.0 Å². The van der Waals surface area contributed by atoms with Gasteiger partial charge >= 0.3 is 0 Å². The average molecular weight is 473 g/mol. The van der Waals surface area contributed by atoms with Gasteiger partial charge in [0.15, 0.2) is 16.6 Å². The molecule has 4 rings (SSSR count). The van der Waals surface area contributed by atoms with Crippen molar-refractivity contribution in [3.8, 4) is 11.5 Å². The summed E-state index contributed by atoms with van der Waals surface area (Å²) in [4.78, 5) is 29.9. The van der Waals surface area contributed by atoms with E-state index in [0.717, 1.165) is 11.1 Å². The highest BCUT2D eigenvalue weighted by atomic mass is 32.1. The third-order valence-electron chi connectivity index (χ3n) is 5.43. The van der Waals surface area contributed by atoms with Crippen molar-refractivity contribution in [3.63, 3.8) is 0 Å². The van der Waals surface area contributed by atoms with Crippen LogP contribution in [0.1, 0.15) is 23.6 Å². The number of carbonyl (C=O) groups excluding carboxylic acids is 2. The van der Waals surface area contributed by atoms with E-state index in [0.29, 0.717) is 23.5 Å². The second kappa shape index (κ2) is 9.49. The number of aryl methyl sites for hydroxylation is 2. The van der Waals surface area contributed by atoms with Gasteiger partial charge in [0.25, 0.3) is 11.8 Å². The lowest BCUT2D eigenvalue weighted by Crippen LogP contribution is -2.56. The Balaban J connectivity index is 1.85. The standard InChI is InChI=1S/C27H24N2O4S/c1-4-33-24-16-19(9-14-23(24)30)15-22-25(31)28(20-10-5-17(2)6-11-20)27(34)29(26(22)32)21-12-7-18(3)8-13-21/h5-16,30H,4H2,1-3H3. The van der Waals surface area contributed by atoms with Gasteiger partial charge in [-0.2, -0.15) is 0 Å². The minimum absolute atomic E-state index is 0.0194. The first-order valence-electron chi connectivity index (χ1n) is 10.8. The van der Waals surface area contributed by atoms with E-state index in [1.54, 1.807) is 43.3 Å². The first kappa shape index (κ1) is 23.2. The smallest absolute Gasteiger partial charge is 0.270 e. The lowest BCUT2D eigenvalue weighted by Gasteiger charge is -2.36. The van der Waals surface area contributed by atoms with E-state index < -0.39 is 11.8 Å². The van der Waals surface area contributed by atoms with Crippen LogP contribution in [0, 0.1) is 13.8 Å². The number of anilines is 2. The molecule has 1 saturated heterocycles. The Morgan fingerprint density at radius 1 is 0.853 bits per heavy atom. The van der Waals surface area contributed by atoms with Crippen molar-refractivity contribution in [2.75, 3.05) is 16.4 Å². The molecule has 0 saturated carbocycles. The summed E-state index contributed by atoms with van der Waals surface area (Å²) in [6, 6.07) is 19.4. The number of benzene rings is 3. The first-order chi connectivity index (χ1) is 16.3. The number of hydrogen-bond donors (Lipinski definition) is 1. The van der Waals surface area contributed by atoms with Crippen molar-refractivity contribution in [1.29, 1.82) is 0 Å². The molecule has 0 aliphatic carbocycles. The second-order valence-electron chi connectivity index (χ2n) is 7.95. The molecule has 3 aromatic rings. The highest BCUT2D eigenvalue weighted by molar-refractivity contribution is 7.81. The van der Waals surface area contributed by atoms with Crippen molar-refractivity contribution in [3.05, 3.63) is 89.0 Å². The van der Waals surface area contributed by atoms with Gasteiger partial charge in [-0.25, -0.2) is 0 Å². The summed E-state index contributed by atoms with van der Waals surface area (Å²) >= 11 is 5.65. The van der Waals surface area contributed by atoms with Crippen LogP contribution in [0.2, 0.25) is 0 Å². The minimum Gasteiger partial charge on any atom is -0.504 e. The third-order valence-corrected chi connectivity index (χ3v) is 5.79. The normalized spacial score (nSPS) is 14.0. The van der Waals surface area contributed by atoms with Crippen LogP contribution in [-0.4, -0.2) is 28.6 Å². The molecule has 1 fully saturated rings. The van der Waals surface area contributed by atoms with Crippen molar-refractivity contribution >= 4 is 46.6 Å². The van der Waals surface area contributed by atoms with Gasteiger partial charge in [-0.15, -0.1) is 0 Å². The van der Waals surface area contributed by atoms with E-state index in [2.05, 4.69) is 0 Å². The molecule has 1 N–H and O–H groups in total. The van der Waals surface area contributed by atoms with Gasteiger partial charge in [0.2, 0.25) is 0 Å². The van der Waals surface area contributed by atoms with E-state index in [1.165, 1.54) is 21.9 Å². The van der Waals surface area contributed by atoms with Crippen LogP contribution >= 0.6 is 12.2 Å². The zero-order valence-electron chi connectivity index (χ0n) is 19.1. The Bertz CT molecular complexity index is 1230. The topological polar surface area (TPSA) is 70.1 Å². The van der Waals surface area contributed by atoms with Crippen LogP contribution in [0.5, 0.6) is 11.5 Å². The average Bonchev–Trinajstić information content (AvgIpc) is 2.81. The molecule has 6 nitrogen and oxygen atoms in total. The molecule has 1 aliphatic heterocycles. The van der Waals surface area contributed by atoms with E-state index in [4.69, 9.17) is 17.0 Å². The van der Waals surface area contributed by atoms with Crippen molar-refractivity contribution in [1.82, 2.24) is 0 Å². The molecule has 0 spiro atoms. The Morgan fingerprint density at radius 3 is 1.82 bits per heavy atom. The van der Waals surface area contributed by atoms with Gasteiger partial charge in [-0.3, -0.25) is 19.4 Å². The molecule has 2 amide bonds. The molecule has 0 bridgehead atoms. The maximum Gasteiger partial charge on any atom is 0.270 e. The Labute approximate surface area is 203 Å². The largest absolute Gasteiger partial charge is 0.504 e. The highest BCUT2D eigenvalue weighted by Gasteiger charge is 2.41. The van der Waals surface area contributed by atoms with Gasteiger partial charge in [-0.1, -0.05) is 41.5 Å². The van der Waals surface area contributed by atoms with E-state index in [1.807, 2.05) is 38.1 Å². The highest BCUT2D eigenvalue weighted by Crippen LogP contribution is 2.32. The van der Waals surface area contributed by atoms with Gasteiger partial charge < -0.3 is 9.84 Å². The van der Waals surface area contributed by atoms with Crippen molar-refractivity contribution < 1.29 is 19.4 Å². The number of thiocarbonyl (C=S) groups is 1. The van der Waals surface area contributed by atoms with Gasteiger partial charge in [-0.05, 0) is 81.0 Å². The van der Waals surface area contributed by atoms with Crippen LogP contribution in [0.4, 0.5) is 11.4 Å². The van der Waals surface area contributed by atoms with Crippen LogP contribution in [0.25, 0.3) is 6.08 Å². The zero-order valence-corrected chi connectivity index (χ0v) is 19.9. The van der Waals surface area contributed by atoms with Crippen molar-refractivity contribution in [2.45, 2.75) is 20.8 Å². The molecule has 3 aromatic carbocycles. The molecule has 34 heavy (non-hydrogen) atoms. The number of amides is 2. The number of nitrogens with zero attached hydrogens (tertiary/aromatic N) is 2. The fourth-order valence-electron chi connectivity index (χ4n) is 3.63. The fourth-order valence-corrected chi connectivity index (χ4v) is 4.01. The molecule has 0 atom stereocenters. The number of ether oxygens (including phenoxy) is 1. The third kappa shape index (κ3) is 4.43. The Morgan fingerprint density at radius 2 is 1.35 bits per heavy atom. The summed E-state index contributed by atoms with van der Waals surface area (Å²) in [6.07, 6.45) is 1.50. The zero-order chi connectivity index (χ0) is 24.4. The predicted molar refractivity (Wildman–Crippen MR) is 137 cm³/mol. The summed E-state index contributed by atoms with van der Waals surface area (Å²) < 4.78 is 5.45. The maximum absolute atomic E-state index is 13.6. The molecule has 172 valence electrons. The first-order valence-corrected chi connectivity index (χ1v) is 11.2. The molecule has 1 heterocycles. The molecule has 1 aliphatic rings. The molecular weight excluding hydrogens is 448 g/mol. The lowest BCUT2D eigenvalue weighted by atomic mass is 10.0. The van der Waals surface area contributed by atoms with Crippen LogP contribution < -0.4 is 14.5 Å². The van der Waals surface area contributed by atoms with Crippen molar-refractivity contribution in [2.24, 2.45) is 0 Å². The van der Waals surface area contributed by atoms with E-state index >= 15 is 0 Å². The molecule has 0 aromatic heterocycles. The number of rotatable bonds is 5. The summed E-state index contributed by atoms with van der Waals surface area (Å²) in [5.74, 6) is -0.788. The SMILES string of the molecule is CCOc1cc(C=C2C(=O)N(c3ccc(C)cc3)C(=S)N(c3ccc(C)cc3)C2=O)ccc1O. The van der Waals surface area contributed by atoms with Crippen LogP contribution in [0.3, 0.4) is 0 Å². The molecule has 0 unspecified atom stereocenters. The number of phenolic OH excluding ortho intramolecular Hbond substituents is 1. The van der Waals surface area contributed by atoms with Gasteiger partial charge in [0.1, 0.15) is 5.57 Å². The maximum atomic E-state index is 13.6. The molecule has 7 heteroatoms. The lowest BCUT2D eigenvalue weighted by molar-refractivity contribution is -0.120. The Kier molecular flexibility index (Phi) is 6.47. The van der Waals surface area contributed by atoms with Crippen LogP contribution in [-0.2, 0) is 9.59 Å². The Hall–Kier alpha value is -3.97. The number of aromatic hydroxyl groups is 1.